The fourth-order valence-electron chi connectivity index (χ4n) is 2.15. The third-order valence-electron chi connectivity index (χ3n) is 3.31. The van der Waals surface area contributed by atoms with E-state index in [1.165, 1.54) is 0 Å². The Hall–Kier alpha value is -1.68. The number of hydrogen-bond donors (Lipinski definition) is 0. The molecule has 4 heteroatoms. The molecule has 1 saturated heterocycles. The highest BCUT2D eigenvalue weighted by Crippen LogP contribution is 2.16. The largest absolute Gasteiger partial charge is 0.373 e. The van der Waals surface area contributed by atoms with Crippen LogP contribution in [0.5, 0.6) is 0 Å². The first-order valence-corrected chi connectivity index (χ1v) is 6.40. The zero-order chi connectivity index (χ0) is 12.4. The number of fused-ring (bicyclic) bond motifs is 1. The van der Waals surface area contributed by atoms with Crippen molar-refractivity contribution >= 4 is 10.9 Å². The highest BCUT2D eigenvalue weighted by molar-refractivity contribution is 5.76. The Morgan fingerprint density at radius 2 is 2.17 bits per heavy atom. The second-order valence-corrected chi connectivity index (χ2v) is 4.71. The highest BCUT2D eigenvalue weighted by Gasteiger charge is 2.20. The lowest BCUT2D eigenvalue weighted by Gasteiger charge is -2.05. The van der Waals surface area contributed by atoms with Crippen molar-refractivity contribution in [3.05, 3.63) is 40.9 Å². The molecule has 0 saturated carbocycles. The van der Waals surface area contributed by atoms with E-state index in [2.05, 4.69) is 4.98 Å². The Morgan fingerprint density at radius 1 is 1.33 bits per heavy atom. The molecule has 2 heterocycles. The first-order valence-electron chi connectivity index (χ1n) is 6.40. The zero-order valence-corrected chi connectivity index (χ0v) is 10.2. The summed E-state index contributed by atoms with van der Waals surface area (Å²) >= 11 is 0. The summed E-state index contributed by atoms with van der Waals surface area (Å²) in [6.45, 7) is 1.65. The highest BCUT2D eigenvalue weighted by atomic mass is 16.6. The van der Waals surface area contributed by atoms with Gasteiger partial charge in [0.1, 0.15) is 0 Å². The van der Waals surface area contributed by atoms with E-state index in [4.69, 9.17) is 4.74 Å². The molecule has 0 radical (unpaired) electrons. The normalized spacial score (nSPS) is 18.1. The van der Waals surface area contributed by atoms with E-state index >= 15 is 0 Å². The number of nitrogens with zero attached hydrogens (tertiary/aromatic N) is 2. The molecule has 0 aliphatic carbocycles. The minimum absolute atomic E-state index is 0.0586. The molecule has 0 bridgehead atoms. The Labute approximate surface area is 105 Å². The average molecular weight is 244 g/mol. The maximum atomic E-state index is 12.2. The van der Waals surface area contributed by atoms with Crippen LogP contribution in [0.2, 0.25) is 0 Å². The lowest BCUT2D eigenvalue weighted by atomic mass is 10.2. The van der Waals surface area contributed by atoms with E-state index in [9.17, 15) is 4.79 Å². The molecule has 1 aromatic heterocycles. The number of para-hydroxylation sites is 1. The second kappa shape index (κ2) is 4.90. The van der Waals surface area contributed by atoms with Gasteiger partial charge in [-0.15, -0.1) is 0 Å². The van der Waals surface area contributed by atoms with E-state index in [1.807, 2.05) is 24.3 Å². The third kappa shape index (κ3) is 2.43. The van der Waals surface area contributed by atoms with Gasteiger partial charge >= 0.3 is 0 Å². The number of epoxide rings is 1. The first-order chi connectivity index (χ1) is 8.84. The molecule has 0 spiro atoms. The minimum Gasteiger partial charge on any atom is -0.373 e. The molecule has 1 fully saturated rings. The lowest BCUT2D eigenvalue weighted by molar-refractivity contribution is 0.386. The molecule has 4 nitrogen and oxygen atoms in total. The Kier molecular flexibility index (Phi) is 3.11. The number of unbranched alkanes of at least 4 members (excludes halogenated alkanes) is 1. The van der Waals surface area contributed by atoms with Gasteiger partial charge in [-0.05, 0) is 31.4 Å². The molecule has 0 amide bonds. The van der Waals surface area contributed by atoms with Crippen LogP contribution in [0.15, 0.2) is 35.4 Å². The Morgan fingerprint density at radius 3 is 3.00 bits per heavy atom. The third-order valence-corrected chi connectivity index (χ3v) is 3.31. The molecule has 1 aliphatic rings. The lowest BCUT2D eigenvalue weighted by Crippen LogP contribution is -2.20. The van der Waals surface area contributed by atoms with Crippen LogP contribution in [0, 0.1) is 0 Å². The standard InChI is InChI=1S/C14H16N2O2/c17-14-12-6-1-2-7-13(12)15-10-16(14)8-4-3-5-11-9-18-11/h1-2,6-7,10-11H,3-5,8-9H2. The summed E-state index contributed by atoms with van der Waals surface area (Å²) in [5, 5.41) is 0.700. The van der Waals surface area contributed by atoms with E-state index in [-0.39, 0.29) is 5.56 Å². The van der Waals surface area contributed by atoms with Crippen LogP contribution in [0.1, 0.15) is 19.3 Å². The van der Waals surface area contributed by atoms with Crippen LogP contribution < -0.4 is 5.56 Å². The fraction of sp³-hybridized carbons (Fsp3) is 0.429. The molecule has 1 aliphatic heterocycles. The molecule has 18 heavy (non-hydrogen) atoms. The monoisotopic (exact) mass is 244 g/mol. The minimum atomic E-state index is 0.0586. The van der Waals surface area contributed by atoms with Crippen LogP contribution in [-0.4, -0.2) is 22.3 Å². The van der Waals surface area contributed by atoms with Crippen molar-refractivity contribution in [2.45, 2.75) is 31.9 Å². The van der Waals surface area contributed by atoms with Gasteiger partial charge in [-0.3, -0.25) is 9.36 Å². The number of benzene rings is 1. The van der Waals surface area contributed by atoms with E-state index in [0.717, 1.165) is 37.9 Å². The average Bonchev–Trinajstić information content (AvgIpc) is 3.21. The van der Waals surface area contributed by atoms with Crippen molar-refractivity contribution in [3.63, 3.8) is 0 Å². The Balaban J connectivity index is 1.71. The zero-order valence-electron chi connectivity index (χ0n) is 10.2. The summed E-state index contributed by atoms with van der Waals surface area (Å²) in [7, 11) is 0. The Bertz CT molecular complexity index is 602. The van der Waals surface area contributed by atoms with Gasteiger partial charge in [-0.25, -0.2) is 4.98 Å². The molecular weight excluding hydrogens is 228 g/mol. The van der Waals surface area contributed by atoms with Gasteiger partial charge in [0, 0.05) is 6.54 Å². The van der Waals surface area contributed by atoms with Crippen molar-refractivity contribution < 1.29 is 4.74 Å². The number of hydrogen-bond acceptors (Lipinski definition) is 3. The number of ether oxygens (including phenoxy) is 1. The van der Waals surface area contributed by atoms with Gasteiger partial charge < -0.3 is 4.74 Å². The van der Waals surface area contributed by atoms with E-state index < -0.39 is 0 Å². The number of aryl methyl sites for hydroxylation is 1. The summed E-state index contributed by atoms with van der Waals surface area (Å²) in [5.74, 6) is 0. The fourth-order valence-corrected chi connectivity index (χ4v) is 2.15. The molecule has 3 rings (SSSR count). The molecular formula is C14H16N2O2. The summed E-state index contributed by atoms with van der Waals surface area (Å²) in [4.78, 5) is 16.5. The SMILES string of the molecule is O=c1c2ccccc2ncn1CCCCC1CO1. The van der Waals surface area contributed by atoms with Crippen LogP contribution >= 0.6 is 0 Å². The van der Waals surface area contributed by atoms with Crippen LogP contribution in [0.4, 0.5) is 0 Å². The molecule has 2 aromatic rings. The van der Waals surface area contributed by atoms with Crippen molar-refractivity contribution in [3.8, 4) is 0 Å². The van der Waals surface area contributed by atoms with Gasteiger partial charge in [0.05, 0.1) is 29.9 Å². The first kappa shape index (κ1) is 11.4. The van der Waals surface area contributed by atoms with Crippen LogP contribution in [0.3, 0.4) is 0 Å². The van der Waals surface area contributed by atoms with Crippen molar-refractivity contribution in [1.29, 1.82) is 0 Å². The molecule has 1 unspecified atom stereocenters. The maximum absolute atomic E-state index is 12.2. The van der Waals surface area contributed by atoms with Gasteiger partial charge in [0.25, 0.3) is 5.56 Å². The summed E-state index contributed by atoms with van der Waals surface area (Å²) in [6.07, 6.45) is 5.34. The number of rotatable bonds is 5. The second-order valence-electron chi connectivity index (χ2n) is 4.71. The summed E-state index contributed by atoms with van der Waals surface area (Å²) in [6, 6.07) is 7.47. The predicted molar refractivity (Wildman–Crippen MR) is 69.6 cm³/mol. The van der Waals surface area contributed by atoms with Crippen molar-refractivity contribution in [2.24, 2.45) is 0 Å². The quantitative estimate of drug-likeness (QED) is 0.596. The molecule has 94 valence electrons. The van der Waals surface area contributed by atoms with Crippen molar-refractivity contribution in [1.82, 2.24) is 9.55 Å². The van der Waals surface area contributed by atoms with Crippen LogP contribution in [0.25, 0.3) is 10.9 Å². The van der Waals surface area contributed by atoms with Gasteiger partial charge in [0.2, 0.25) is 0 Å². The summed E-state index contributed by atoms with van der Waals surface area (Å²) < 4.78 is 6.87. The van der Waals surface area contributed by atoms with Gasteiger partial charge in [-0.2, -0.15) is 0 Å². The van der Waals surface area contributed by atoms with E-state index in [1.54, 1.807) is 10.9 Å². The van der Waals surface area contributed by atoms with E-state index in [0.29, 0.717) is 11.5 Å². The summed E-state index contributed by atoms with van der Waals surface area (Å²) in [5.41, 5.74) is 0.827. The molecule has 1 aromatic carbocycles. The predicted octanol–water partition coefficient (Wildman–Crippen LogP) is 1.97. The topological polar surface area (TPSA) is 47.4 Å². The molecule has 0 N–H and O–H groups in total. The number of aromatic nitrogens is 2. The maximum Gasteiger partial charge on any atom is 0.261 e. The van der Waals surface area contributed by atoms with Crippen molar-refractivity contribution in [2.75, 3.05) is 6.61 Å². The van der Waals surface area contributed by atoms with Crippen LogP contribution in [-0.2, 0) is 11.3 Å². The van der Waals surface area contributed by atoms with Gasteiger partial charge in [0.15, 0.2) is 0 Å². The smallest absolute Gasteiger partial charge is 0.261 e. The van der Waals surface area contributed by atoms with Gasteiger partial charge in [-0.1, -0.05) is 12.1 Å². The molecule has 1 atom stereocenters.